The standard InChI is InChI=1S/C13H15N3OS/c1-8(2)11-15-10(9-6-4-3-5-7-9)12(18-11)16-13(14)17/h3-8H,1-2H3,(H3,14,16,17). The molecule has 0 saturated heterocycles. The summed E-state index contributed by atoms with van der Waals surface area (Å²) in [6.45, 7) is 4.14. The van der Waals surface area contributed by atoms with Gasteiger partial charge in [0, 0.05) is 11.5 Å². The average Bonchev–Trinajstić information content (AvgIpc) is 2.73. The first-order chi connectivity index (χ1) is 8.58. The number of hydrogen-bond acceptors (Lipinski definition) is 3. The number of amides is 2. The minimum atomic E-state index is -0.564. The Hall–Kier alpha value is -1.88. The molecule has 2 amide bonds. The number of thiazole rings is 1. The monoisotopic (exact) mass is 261 g/mol. The van der Waals surface area contributed by atoms with Crippen molar-refractivity contribution < 1.29 is 4.79 Å². The lowest BCUT2D eigenvalue weighted by molar-refractivity contribution is 0.259. The predicted molar refractivity (Wildman–Crippen MR) is 74.8 cm³/mol. The molecule has 1 aromatic heterocycles. The summed E-state index contributed by atoms with van der Waals surface area (Å²) in [7, 11) is 0. The van der Waals surface area contributed by atoms with Crippen molar-refractivity contribution in [1.82, 2.24) is 4.98 Å². The van der Waals surface area contributed by atoms with Gasteiger partial charge in [-0.25, -0.2) is 9.78 Å². The number of nitrogens with zero attached hydrogens (tertiary/aromatic N) is 1. The van der Waals surface area contributed by atoms with E-state index in [-0.39, 0.29) is 0 Å². The first-order valence-electron chi connectivity index (χ1n) is 5.70. The van der Waals surface area contributed by atoms with Crippen LogP contribution >= 0.6 is 11.3 Å². The van der Waals surface area contributed by atoms with Gasteiger partial charge in [-0.3, -0.25) is 5.32 Å². The molecule has 0 radical (unpaired) electrons. The highest BCUT2D eigenvalue weighted by Gasteiger charge is 2.15. The molecule has 0 atom stereocenters. The van der Waals surface area contributed by atoms with Crippen LogP contribution in [0.5, 0.6) is 0 Å². The molecule has 4 nitrogen and oxygen atoms in total. The van der Waals surface area contributed by atoms with Crippen molar-refractivity contribution in [2.45, 2.75) is 19.8 Å². The fourth-order valence-corrected chi connectivity index (χ4v) is 2.57. The van der Waals surface area contributed by atoms with Crippen LogP contribution in [0.3, 0.4) is 0 Å². The summed E-state index contributed by atoms with van der Waals surface area (Å²) in [6.07, 6.45) is 0. The largest absolute Gasteiger partial charge is 0.351 e. The van der Waals surface area contributed by atoms with Gasteiger partial charge in [0.1, 0.15) is 10.7 Å². The Labute approximate surface area is 110 Å². The van der Waals surface area contributed by atoms with Gasteiger partial charge in [0.05, 0.1) is 5.01 Å². The maximum Gasteiger partial charge on any atom is 0.317 e. The third-order valence-electron chi connectivity index (χ3n) is 2.42. The number of benzene rings is 1. The number of aromatic nitrogens is 1. The molecule has 94 valence electrons. The maximum absolute atomic E-state index is 11.0. The third kappa shape index (κ3) is 2.68. The van der Waals surface area contributed by atoms with Crippen LogP contribution in [0.2, 0.25) is 0 Å². The van der Waals surface area contributed by atoms with Crippen molar-refractivity contribution in [3.63, 3.8) is 0 Å². The van der Waals surface area contributed by atoms with E-state index in [1.54, 1.807) is 0 Å². The molecule has 0 unspecified atom stereocenters. The Morgan fingerprint density at radius 3 is 2.56 bits per heavy atom. The average molecular weight is 261 g/mol. The zero-order valence-electron chi connectivity index (χ0n) is 10.3. The predicted octanol–water partition coefficient (Wildman–Crippen LogP) is 3.42. The molecule has 0 spiro atoms. The van der Waals surface area contributed by atoms with Crippen LogP contribution in [0.25, 0.3) is 11.3 Å². The number of primary amides is 1. The van der Waals surface area contributed by atoms with Gasteiger partial charge in [-0.05, 0) is 0 Å². The lowest BCUT2D eigenvalue weighted by Crippen LogP contribution is -2.18. The van der Waals surface area contributed by atoms with Crippen molar-refractivity contribution >= 4 is 22.4 Å². The number of anilines is 1. The number of urea groups is 1. The summed E-state index contributed by atoms with van der Waals surface area (Å²) in [5.74, 6) is 0.320. The number of carbonyl (C=O) groups excluding carboxylic acids is 1. The Balaban J connectivity index is 2.47. The number of nitrogens with one attached hydrogen (secondary N) is 1. The van der Waals surface area contributed by atoms with E-state index in [0.29, 0.717) is 10.9 Å². The van der Waals surface area contributed by atoms with E-state index >= 15 is 0 Å². The maximum atomic E-state index is 11.0. The zero-order chi connectivity index (χ0) is 13.1. The van der Waals surface area contributed by atoms with E-state index in [9.17, 15) is 4.79 Å². The molecular formula is C13H15N3OS. The van der Waals surface area contributed by atoms with Crippen LogP contribution in [0.4, 0.5) is 9.80 Å². The lowest BCUT2D eigenvalue weighted by atomic mass is 10.1. The molecule has 0 fully saturated rings. The summed E-state index contributed by atoms with van der Waals surface area (Å²) in [5.41, 5.74) is 6.94. The minimum absolute atomic E-state index is 0.320. The van der Waals surface area contributed by atoms with E-state index in [0.717, 1.165) is 16.3 Å². The van der Waals surface area contributed by atoms with Gasteiger partial charge in [-0.2, -0.15) is 0 Å². The van der Waals surface area contributed by atoms with E-state index in [4.69, 9.17) is 5.73 Å². The quantitative estimate of drug-likeness (QED) is 0.888. The van der Waals surface area contributed by atoms with E-state index in [1.807, 2.05) is 30.3 Å². The van der Waals surface area contributed by atoms with Gasteiger partial charge in [0.25, 0.3) is 0 Å². The van der Waals surface area contributed by atoms with Gasteiger partial charge in [0.2, 0.25) is 0 Å². The Bertz CT molecular complexity index is 549. The first kappa shape index (κ1) is 12.6. The van der Waals surface area contributed by atoms with Crippen molar-refractivity contribution in [2.24, 2.45) is 5.73 Å². The van der Waals surface area contributed by atoms with Crippen molar-refractivity contribution in [2.75, 3.05) is 5.32 Å². The minimum Gasteiger partial charge on any atom is -0.351 e. The summed E-state index contributed by atoms with van der Waals surface area (Å²) in [6, 6.07) is 9.19. The SMILES string of the molecule is CC(C)c1nc(-c2ccccc2)c(NC(N)=O)s1. The zero-order valence-corrected chi connectivity index (χ0v) is 11.1. The van der Waals surface area contributed by atoms with Gasteiger partial charge in [0.15, 0.2) is 0 Å². The van der Waals surface area contributed by atoms with Crippen LogP contribution in [0, 0.1) is 0 Å². The van der Waals surface area contributed by atoms with Crippen molar-refractivity contribution in [1.29, 1.82) is 0 Å². The van der Waals surface area contributed by atoms with Crippen molar-refractivity contribution in [3.05, 3.63) is 35.3 Å². The molecule has 0 aliphatic heterocycles. The second kappa shape index (κ2) is 5.18. The van der Waals surface area contributed by atoms with Crippen LogP contribution in [-0.4, -0.2) is 11.0 Å². The van der Waals surface area contributed by atoms with Crippen LogP contribution in [0.15, 0.2) is 30.3 Å². The summed E-state index contributed by atoms with van der Waals surface area (Å²) < 4.78 is 0. The molecule has 18 heavy (non-hydrogen) atoms. The van der Waals surface area contributed by atoms with E-state index < -0.39 is 6.03 Å². The first-order valence-corrected chi connectivity index (χ1v) is 6.52. The molecule has 1 heterocycles. The summed E-state index contributed by atoms with van der Waals surface area (Å²) in [4.78, 5) is 15.6. The molecule has 0 bridgehead atoms. The second-order valence-corrected chi connectivity index (χ2v) is 5.27. The highest BCUT2D eigenvalue weighted by Crippen LogP contribution is 2.35. The molecule has 2 rings (SSSR count). The van der Waals surface area contributed by atoms with Crippen LogP contribution in [0.1, 0.15) is 24.8 Å². The second-order valence-electron chi connectivity index (χ2n) is 4.24. The number of nitrogens with two attached hydrogens (primary N) is 1. The molecule has 0 saturated carbocycles. The molecule has 0 aliphatic carbocycles. The summed E-state index contributed by atoms with van der Waals surface area (Å²) in [5, 5.41) is 4.33. The molecule has 5 heteroatoms. The Morgan fingerprint density at radius 2 is 2.00 bits per heavy atom. The van der Waals surface area contributed by atoms with E-state index in [2.05, 4.69) is 24.1 Å². The van der Waals surface area contributed by atoms with Gasteiger partial charge >= 0.3 is 6.03 Å². The molecular weight excluding hydrogens is 246 g/mol. The summed E-state index contributed by atoms with van der Waals surface area (Å²) >= 11 is 1.47. The normalized spacial score (nSPS) is 10.6. The Morgan fingerprint density at radius 1 is 1.33 bits per heavy atom. The lowest BCUT2D eigenvalue weighted by Gasteiger charge is -2.01. The van der Waals surface area contributed by atoms with Crippen LogP contribution in [-0.2, 0) is 0 Å². The van der Waals surface area contributed by atoms with Crippen molar-refractivity contribution in [3.8, 4) is 11.3 Å². The topological polar surface area (TPSA) is 68.0 Å². The molecule has 0 aliphatic rings. The van der Waals surface area contributed by atoms with Gasteiger partial charge in [-0.15, -0.1) is 11.3 Å². The fraction of sp³-hybridized carbons (Fsp3) is 0.231. The highest BCUT2D eigenvalue weighted by atomic mass is 32.1. The van der Waals surface area contributed by atoms with Gasteiger partial charge < -0.3 is 5.73 Å². The number of carbonyl (C=O) groups is 1. The molecule has 1 aromatic carbocycles. The van der Waals surface area contributed by atoms with Crippen LogP contribution < -0.4 is 11.1 Å². The number of hydrogen-bond donors (Lipinski definition) is 2. The van der Waals surface area contributed by atoms with Gasteiger partial charge in [-0.1, -0.05) is 44.2 Å². The Kier molecular flexibility index (Phi) is 3.62. The third-order valence-corrected chi connectivity index (χ3v) is 3.69. The molecule has 2 aromatic rings. The van der Waals surface area contributed by atoms with E-state index in [1.165, 1.54) is 11.3 Å². The fourth-order valence-electron chi connectivity index (χ4n) is 1.57. The number of rotatable bonds is 3. The highest BCUT2D eigenvalue weighted by molar-refractivity contribution is 7.16. The molecule has 3 N–H and O–H groups in total. The smallest absolute Gasteiger partial charge is 0.317 e.